The first-order valence-corrected chi connectivity index (χ1v) is 8.94. The van der Waals surface area contributed by atoms with Crippen LogP contribution in [0.3, 0.4) is 0 Å². The molecule has 2 rings (SSSR count). The summed E-state index contributed by atoms with van der Waals surface area (Å²) in [7, 11) is 0. The second kappa shape index (κ2) is 7.67. The summed E-state index contributed by atoms with van der Waals surface area (Å²) in [5, 5.41) is 11.1. The lowest BCUT2D eigenvalue weighted by Gasteiger charge is -2.37. The highest BCUT2D eigenvalue weighted by Crippen LogP contribution is 2.39. The van der Waals surface area contributed by atoms with Crippen molar-refractivity contribution in [2.75, 3.05) is 0 Å². The van der Waals surface area contributed by atoms with Gasteiger partial charge < -0.3 is 5.11 Å². The van der Waals surface area contributed by atoms with Crippen LogP contribution >= 0.6 is 0 Å². The first-order valence-electron chi connectivity index (χ1n) is 8.94. The van der Waals surface area contributed by atoms with Gasteiger partial charge in [0, 0.05) is 0 Å². The molecular weight excluding hydrogens is 232 g/mol. The quantitative estimate of drug-likeness (QED) is 0.677. The fraction of sp³-hybridized carbons (Fsp3) is 1.00. The molecule has 0 radical (unpaired) electrons. The normalized spacial score (nSPS) is 23.7. The number of hydrogen-bond donors (Lipinski definition) is 1. The zero-order chi connectivity index (χ0) is 13.6. The van der Waals surface area contributed by atoms with E-state index in [1.807, 2.05) is 0 Å². The van der Waals surface area contributed by atoms with Crippen LogP contribution in [-0.4, -0.2) is 10.7 Å². The van der Waals surface area contributed by atoms with Gasteiger partial charge in [-0.1, -0.05) is 77.6 Å². The lowest BCUT2D eigenvalue weighted by atomic mass is 9.73. The van der Waals surface area contributed by atoms with Gasteiger partial charge in [0.15, 0.2) is 0 Å². The fourth-order valence-electron chi connectivity index (χ4n) is 4.61. The largest absolute Gasteiger partial charge is 0.390 e. The van der Waals surface area contributed by atoms with Gasteiger partial charge in [0.2, 0.25) is 0 Å². The summed E-state index contributed by atoms with van der Waals surface area (Å²) in [5.41, 5.74) is -0.335. The van der Waals surface area contributed by atoms with Gasteiger partial charge in [-0.05, 0) is 31.1 Å². The molecule has 2 saturated carbocycles. The Kier molecular flexibility index (Phi) is 6.19. The Labute approximate surface area is 120 Å². The van der Waals surface area contributed by atoms with Crippen molar-refractivity contribution in [1.82, 2.24) is 0 Å². The van der Waals surface area contributed by atoms with Gasteiger partial charge in [-0.3, -0.25) is 0 Å². The van der Waals surface area contributed by atoms with E-state index in [2.05, 4.69) is 6.92 Å². The Morgan fingerprint density at radius 2 is 1.21 bits per heavy atom. The molecule has 0 aromatic heterocycles. The van der Waals surface area contributed by atoms with E-state index in [0.29, 0.717) is 0 Å². The highest BCUT2D eigenvalue weighted by atomic mass is 16.3. The summed E-state index contributed by atoms with van der Waals surface area (Å²) in [6.45, 7) is 2.23. The predicted molar refractivity (Wildman–Crippen MR) is 82.2 cm³/mol. The third-order valence-corrected chi connectivity index (χ3v) is 5.50. The molecule has 0 unspecified atom stereocenters. The zero-order valence-electron chi connectivity index (χ0n) is 13.0. The molecular formula is C18H34O. The van der Waals surface area contributed by atoms with E-state index in [-0.39, 0.29) is 5.60 Å². The lowest BCUT2D eigenvalue weighted by Crippen LogP contribution is -2.35. The monoisotopic (exact) mass is 266 g/mol. The molecule has 0 amide bonds. The summed E-state index contributed by atoms with van der Waals surface area (Å²) in [5.74, 6) is 1.63. The van der Waals surface area contributed by atoms with Crippen molar-refractivity contribution in [2.24, 2.45) is 11.8 Å². The average Bonchev–Trinajstić information content (AvgIpc) is 2.41. The highest BCUT2D eigenvalue weighted by molar-refractivity contribution is 4.86. The van der Waals surface area contributed by atoms with Crippen molar-refractivity contribution in [2.45, 2.75) is 102 Å². The third kappa shape index (κ3) is 5.10. The van der Waals surface area contributed by atoms with E-state index < -0.39 is 0 Å². The van der Waals surface area contributed by atoms with Crippen molar-refractivity contribution in [3.05, 3.63) is 0 Å². The van der Waals surface area contributed by atoms with Gasteiger partial charge in [0.25, 0.3) is 0 Å². The molecule has 1 heteroatoms. The van der Waals surface area contributed by atoms with Gasteiger partial charge in [-0.25, -0.2) is 0 Å². The number of aliphatic hydroxyl groups is 1. The second-order valence-corrected chi connectivity index (χ2v) is 7.39. The van der Waals surface area contributed by atoms with Gasteiger partial charge in [0.05, 0.1) is 5.60 Å². The summed E-state index contributed by atoms with van der Waals surface area (Å²) in [6, 6.07) is 0. The lowest BCUT2D eigenvalue weighted by molar-refractivity contribution is -0.0237. The molecule has 112 valence electrons. The molecule has 1 nitrogen and oxygen atoms in total. The minimum absolute atomic E-state index is 0.335. The van der Waals surface area contributed by atoms with Gasteiger partial charge in [0.1, 0.15) is 0 Å². The van der Waals surface area contributed by atoms with Crippen LogP contribution < -0.4 is 0 Å². The zero-order valence-corrected chi connectivity index (χ0v) is 13.0. The number of rotatable bonds is 6. The highest BCUT2D eigenvalue weighted by Gasteiger charge is 2.33. The molecule has 2 fully saturated rings. The molecule has 0 aliphatic heterocycles. The van der Waals surface area contributed by atoms with Crippen molar-refractivity contribution >= 4 is 0 Å². The molecule has 2 aliphatic rings. The van der Waals surface area contributed by atoms with Crippen LogP contribution in [0, 0.1) is 11.8 Å². The minimum atomic E-state index is -0.335. The van der Waals surface area contributed by atoms with Crippen molar-refractivity contribution in [3.8, 4) is 0 Å². The fourth-order valence-corrected chi connectivity index (χ4v) is 4.61. The third-order valence-electron chi connectivity index (χ3n) is 5.50. The Hall–Kier alpha value is -0.0400. The Balaban J connectivity index is 1.86. The number of hydrogen-bond acceptors (Lipinski definition) is 1. The van der Waals surface area contributed by atoms with Crippen LogP contribution in [0.25, 0.3) is 0 Å². The first-order chi connectivity index (χ1) is 9.22. The maximum absolute atomic E-state index is 11.1. The second-order valence-electron chi connectivity index (χ2n) is 7.39. The maximum Gasteiger partial charge on any atom is 0.0653 e. The van der Waals surface area contributed by atoms with Crippen LogP contribution in [0.15, 0.2) is 0 Å². The Morgan fingerprint density at radius 1 is 0.789 bits per heavy atom. The van der Waals surface area contributed by atoms with E-state index in [4.69, 9.17) is 0 Å². The summed E-state index contributed by atoms with van der Waals surface area (Å²) in [4.78, 5) is 0. The smallest absolute Gasteiger partial charge is 0.0653 e. The van der Waals surface area contributed by atoms with E-state index in [1.165, 1.54) is 64.2 Å². The summed E-state index contributed by atoms with van der Waals surface area (Å²) in [6.07, 6.45) is 18.3. The Bertz CT molecular complexity index is 216. The maximum atomic E-state index is 11.1. The summed E-state index contributed by atoms with van der Waals surface area (Å²) >= 11 is 0. The SMILES string of the molecule is CCCC(O)(CC1CCCCC1)CC1CCCCC1. The minimum Gasteiger partial charge on any atom is -0.390 e. The molecule has 0 heterocycles. The van der Waals surface area contributed by atoms with Crippen molar-refractivity contribution in [3.63, 3.8) is 0 Å². The molecule has 19 heavy (non-hydrogen) atoms. The van der Waals surface area contributed by atoms with Gasteiger partial charge in [-0.2, -0.15) is 0 Å². The van der Waals surface area contributed by atoms with Crippen molar-refractivity contribution < 1.29 is 5.11 Å². The molecule has 0 aromatic rings. The summed E-state index contributed by atoms with van der Waals surface area (Å²) < 4.78 is 0. The van der Waals surface area contributed by atoms with Crippen molar-refractivity contribution in [1.29, 1.82) is 0 Å². The van der Waals surface area contributed by atoms with Crippen LogP contribution in [-0.2, 0) is 0 Å². The van der Waals surface area contributed by atoms with Gasteiger partial charge in [-0.15, -0.1) is 0 Å². The molecule has 0 atom stereocenters. The molecule has 0 spiro atoms. The van der Waals surface area contributed by atoms with E-state index in [9.17, 15) is 5.11 Å². The molecule has 0 saturated heterocycles. The standard InChI is InChI=1S/C18H34O/c1-2-13-18(19,14-16-9-5-3-6-10-16)15-17-11-7-4-8-12-17/h16-17,19H,2-15H2,1H3. The average molecular weight is 266 g/mol. The molecule has 0 bridgehead atoms. The predicted octanol–water partition coefficient (Wildman–Crippen LogP) is 5.46. The molecule has 1 N–H and O–H groups in total. The van der Waals surface area contributed by atoms with Crippen LogP contribution in [0.2, 0.25) is 0 Å². The van der Waals surface area contributed by atoms with E-state index in [1.54, 1.807) is 0 Å². The van der Waals surface area contributed by atoms with Crippen LogP contribution in [0.1, 0.15) is 96.8 Å². The molecule has 0 aromatic carbocycles. The van der Waals surface area contributed by atoms with E-state index in [0.717, 1.165) is 37.5 Å². The van der Waals surface area contributed by atoms with E-state index >= 15 is 0 Å². The van der Waals surface area contributed by atoms with Crippen LogP contribution in [0.5, 0.6) is 0 Å². The first kappa shape index (κ1) is 15.4. The Morgan fingerprint density at radius 3 is 1.58 bits per heavy atom. The van der Waals surface area contributed by atoms with Gasteiger partial charge >= 0.3 is 0 Å². The molecule has 2 aliphatic carbocycles. The topological polar surface area (TPSA) is 20.2 Å². The van der Waals surface area contributed by atoms with Crippen LogP contribution in [0.4, 0.5) is 0 Å².